The molecule has 0 aliphatic carbocycles. The third-order valence-electron chi connectivity index (χ3n) is 2.98. The van der Waals surface area contributed by atoms with Crippen molar-refractivity contribution in [1.82, 2.24) is 15.8 Å². The van der Waals surface area contributed by atoms with Crippen LogP contribution >= 0.6 is 0 Å². The average Bonchev–Trinajstić information content (AvgIpc) is 3.05. The molecule has 0 aliphatic heterocycles. The lowest BCUT2D eigenvalue weighted by atomic mass is 10.2. The lowest BCUT2D eigenvalue weighted by Crippen LogP contribution is -2.23. The van der Waals surface area contributed by atoms with Gasteiger partial charge in [-0.3, -0.25) is 4.79 Å². The summed E-state index contributed by atoms with van der Waals surface area (Å²) in [5.74, 6) is 0.923. The van der Waals surface area contributed by atoms with Gasteiger partial charge >= 0.3 is 6.09 Å². The molecule has 2 amide bonds. The molecule has 0 unspecified atom stereocenters. The van der Waals surface area contributed by atoms with Gasteiger partial charge in [-0.05, 0) is 24.3 Å². The van der Waals surface area contributed by atoms with Crippen molar-refractivity contribution < 1.29 is 23.6 Å². The van der Waals surface area contributed by atoms with Gasteiger partial charge in [-0.1, -0.05) is 5.16 Å². The van der Waals surface area contributed by atoms with Crippen LogP contribution in [0.5, 0.6) is 5.75 Å². The van der Waals surface area contributed by atoms with Crippen molar-refractivity contribution in [2.75, 3.05) is 14.2 Å². The van der Waals surface area contributed by atoms with Crippen LogP contribution in [0, 0.1) is 0 Å². The number of nitrogens with one attached hydrogen (secondary N) is 2. The van der Waals surface area contributed by atoms with Crippen LogP contribution in [-0.2, 0) is 17.8 Å². The summed E-state index contributed by atoms with van der Waals surface area (Å²) in [5, 5.41) is 8.98. The maximum Gasteiger partial charge on any atom is 0.407 e. The number of methoxy groups -OCH3 is 2. The van der Waals surface area contributed by atoms with Gasteiger partial charge in [-0.25, -0.2) is 4.79 Å². The highest BCUT2D eigenvalue weighted by Gasteiger charge is 2.09. The molecule has 8 nitrogen and oxygen atoms in total. The SMILES string of the molecule is COC(=O)NCc1cc(CNC(=O)c2ccc(OC)cc2)on1. The minimum atomic E-state index is -0.553. The van der Waals surface area contributed by atoms with Crippen LogP contribution in [0.1, 0.15) is 21.8 Å². The van der Waals surface area contributed by atoms with Gasteiger partial charge in [0.05, 0.1) is 27.3 Å². The van der Waals surface area contributed by atoms with Crippen molar-refractivity contribution in [3.05, 3.63) is 47.3 Å². The fourth-order valence-corrected chi connectivity index (χ4v) is 1.77. The van der Waals surface area contributed by atoms with Crippen LogP contribution in [0.15, 0.2) is 34.9 Å². The third kappa shape index (κ3) is 4.73. The molecule has 0 radical (unpaired) electrons. The number of carbonyl (C=O) groups excluding carboxylic acids is 2. The second-order valence-electron chi connectivity index (χ2n) is 4.54. The molecule has 0 bridgehead atoms. The number of alkyl carbamates (subject to hydrolysis) is 1. The number of rotatable bonds is 6. The Bertz CT molecular complexity index is 666. The Kier molecular flexibility index (Phi) is 5.56. The van der Waals surface area contributed by atoms with Crippen LogP contribution in [0.3, 0.4) is 0 Å². The molecule has 122 valence electrons. The normalized spacial score (nSPS) is 10.0. The lowest BCUT2D eigenvalue weighted by Gasteiger charge is -2.04. The Labute approximate surface area is 132 Å². The van der Waals surface area contributed by atoms with E-state index >= 15 is 0 Å². The van der Waals surface area contributed by atoms with Gasteiger partial charge in [0.1, 0.15) is 11.4 Å². The number of nitrogens with zero attached hydrogens (tertiary/aromatic N) is 1. The van der Waals surface area contributed by atoms with Crippen molar-refractivity contribution in [1.29, 1.82) is 0 Å². The maximum absolute atomic E-state index is 12.0. The topological polar surface area (TPSA) is 103 Å². The highest BCUT2D eigenvalue weighted by molar-refractivity contribution is 5.94. The molecule has 1 heterocycles. The number of hydrogen-bond acceptors (Lipinski definition) is 6. The van der Waals surface area contributed by atoms with E-state index < -0.39 is 6.09 Å². The first-order chi connectivity index (χ1) is 11.1. The largest absolute Gasteiger partial charge is 0.497 e. The Morgan fingerprint density at radius 1 is 1.13 bits per heavy atom. The predicted octanol–water partition coefficient (Wildman–Crippen LogP) is 1.47. The van der Waals surface area contributed by atoms with Gasteiger partial charge in [0.15, 0.2) is 5.76 Å². The van der Waals surface area contributed by atoms with Crippen molar-refractivity contribution in [2.45, 2.75) is 13.1 Å². The lowest BCUT2D eigenvalue weighted by molar-refractivity contribution is 0.0947. The molecule has 0 saturated carbocycles. The van der Waals surface area contributed by atoms with Crippen LogP contribution in [0.2, 0.25) is 0 Å². The number of aromatic nitrogens is 1. The maximum atomic E-state index is 12.0. The van der Waals surface area contributed by atoms with E-state index in [2.05, 4.69) is 20.5 Å². The molecule has 8 heteroatoms. The summed E-state index contributed by atoms with van der Waals surface area (Å²) in [6.07, 6.45) is -0.553. The number of amides is 2. The van der Waals surface area contributed by atoms with Gasteiger partial charge < -0.3 is 24.6 Å². The highest BCUT2D eigenvalue weighted by Crippen LogP contribution is 2.11. The van der Waals surface area contributed by atoms with Crippen molar-refractivity contribution in [3.63, 3.8) is 0 Å². The van der Waals surface area contributed by atoms with Gasteiger partial charge in [-0.15, -0.1) is 0 Å². The molecule has 23 heavy (non-hydrogen) atoms. The van der Waals surface area contributed by atoms with Gasteiger partial charge in [0, 0.05) is 11.6 Å². The van der Waals surface area contributed by atoms with Crippen molar-refractivity contribution in [3.8, 4) is 5.75 Å². The fraction of sp³-hybridized carbons (Fsp3) is 0.267. The van der Waals surface area contributed by atoms with Gasteiger partial charge in [0.2, 0.25) is 0 Å². The number of carbonyl (C=O) groups is 2. The number of hydrogen-bond donors (Lipinski definition) is 2. The quantitative estimate of drug-likeness (QED) is 0.836. The molecule has 2 rings (SSSR count). The Hall–Kier alpha value is -3.03. The Morgan fingerprint density at radius 2 is 1.87 bits per heavy atom. The summed E-state index contributed by atoms with van der Waals surface area (Å²) in [4.78, 5) is 22.9. The van der Waals surface area contributed by atoms with Crippen LogP contribution in [0.25, 0.3) is 0 Å². The molecule has 0 saturated heterocycles. The van der Waals surface area contributed by atoms with Gasteiger partial charge in [0.25, 0.3) is 5.91 Å². The molecule has 0 spiro atoms. The zero-order valence-corrected chi connectivity index (χ0v) is 12.8. The minimum Gasteiger partial charge on any atom is -0.497 e. The molecular formula is C15H17N3O5. The first kappa shape index (κ1) is 16.3. The standard InChI is InChI=1S/C15H17N3O5/c1-21-12-5-3-10(4-6-12)14(19)16-9-13-7-11(18-23-13)8-17-15(20)22-2/h3-7H,8-9H2,1-2H3,(H,16,19)(H,17,20). The first-order valence-corrected chi connectivity index (χ1v) is 6.81. The van der Waals surface area contributed by atoms with E-state index in [0.717, 1.165) is 0 Å². The summed E-state index contributed by atoms with van der Waals surface area (Å²) in [6, 6.07) is 8.39. The summed E-state index contributed by atoms with van der Waals surface area (Å²) < 4.78 is 14.6. The fourth-order valence-electron chi connectivity index (χ4n) is 1.77. The summed E-state index contributed by atoms with van der Waals surface area (Å²) in [6.45, 7) is 0.374. The molecule has 0 atom stereocenters. The molecule has 2 N–H and O–H groups in total. The van der Waals surface area contributed by atoms with E-state index in [9.17, 15) is 9.59 Å². The number of ether oxygens (including phenoxy) is 2. The Morgan fingerprint density at radius 3 is 2.52 bits per heavy atom. The van der Waals surface area contributed by atoms with Crippen LogP contribution < -0.4 is 15.4 Å². The predicted molar refractivity (Wildman–Crippen MR) is 79.9 cm³/mol. The zero-order chi connectivity index (χ0) is 16.7. The average molecular weight is 319 g/mol. The van der Waals surface area contributed by atoms with E-state index in [4.69, 9.17) is 9.26 Å². The number of benzene rings is 1. The molecule has 0 aliphatic rings. The van der Waals surface area contributed by atoms with Crippen molar-refractivity contribution >= 4 is 12.0 Å². The second-order valence-corrected chi connectivity index (χ2v) is 4.54. The minimum absolute atomic E-state index is 0.183. The third-order valence-corrected chi connectivity index (χ3v) is 2.98. The molecule has 1 aromatic carbocycles. The zero-order valence-electron chi connectivity index (χ0n) is 12.8. The van der Waals surface area contributed by atoms with Crippen LogP contribution in [0.4, 0.5) is 4.79 Å². The van der Waals surface area contributed by atoms with E-state index in [1.165, 1.54) is 7.11 Å². The molecule has 0 fully saturated rings. The monoisotopic (exact) mass is 319 g/mol. The summed E-state index contributed by atoms with van der Waals surface area (Å²) >= 11 is 0. The second kappa shape index (κ2) is 7.83. The van der Waals surface area contributed by atoms with Crippen molar-refractivity contribution in [2.24, 2.45) is 0 Å². The smallest absolute Gasteiger partial charge is 0.407 e. The molecule has 1 aromatic heterocycles. The first-order valence-electron chi connectivity index (χ1n) is 6.81. The summed E-state index contributed by atoms with van der Waals surface area (Å²) in [5.41, 5.74) is 1.04. The van der Waals surface area contributed by atoms with Gasteiger partial charge in [-0.2, -0.15) is 0 Å². The highest BCUT2D eigenvalue weighted by atomic mass is 16.5. The Balaban J connectivity index is 1.84. The van der Waals surface area contributed by atoms with E-state index in [-0.39, 0.29) is 19.0 Å². The van der Waals surface area contributed by atoms with E-state index in [1.54, 1.807) is 37.4 Å². The summed E-state index contributed by atoms with van der Waals surface area (Å²) in [7, 11) is 2.84. The molecular weight excluding hydrogens is 302 g/mol. The van der Waals surface area contributed by atoms with Crippen LogP contribution in [-0.4, -0.2) is 31.4 Å². The van der Waals surface area contributed by atoms with E-state index in [1.807, 2.05) is 0 Å². The molecule has 2 aromatic rings. The van der Waals surface area contributed by atoms with E-state index in [0.29, 0.717) is 22.8 Å².